The lowest BCUT2D eigenvalue weighted by molar-refractivity contribution is 0.100. The van der Waals surface area contributed by atoms with Crippen LogP contribution in [0.1, 0.15) is 37.0 Å². The Kier molecular flexibility index (Phi) is 2.90. The average Bonchev–Trinajstić information content (AvgIpc) is 2.78. The minimum Gasteiger partial charge on any atom is -0.366 e. The van der Waals surface area contributed by atoms with Gasteiger partial charge in [-0.2, -0.15) is 4.98 Å². The molecule has 1 aromatic carbocycles. The number of hydrogen-bond donors (Lipinski definition) is 1. The maximum Gasteiger partial charge on any atom is 0.257 e. The topological polar surface area (TPSA) is 82.0 Å². The molecule has 0 unspecified atom stereocenters. The molecule has 0 spiro atoms. The first-order valence-corrected chi connectivity index (χ1v) is 5.62. The van der Waals surface area contributed by atoms with Gasteiger partial charge in [-0.25, -0.2) is 0 Å². The van der Waals surface area contributed by atoms with Crippen LogP contribution in [0.5, 0.6) is 0 Å². The molecule has 2 aromatic rings. The van der Waals surface area contributed by atoms with Crippen LogP contribution in [0.3, 0.4) is 0 Å². The van der Waals surface area contributed by atoms with Gasteiger partial charge in [0.25, 0.3) is 5.89 Å². The summed E-state index contributed by atoms with van der Waals surface area (Å²) in [6.45, 7) is 6.04. The fourth-order valence-electron chi connectivity index (χ4n) is 1.42. The first-order chi connectivity index (χ1) is 8.38. The van der Waals surface area contributed by atoms with E-state index in [-0.39, 0.29) is 5.41 Å². The molecular weight excluding hydrogens is 230 g/mol. The Morgan fingerprint density at radius 1 is 1.22 bits per heavy atom. The summed E-state index contributed by atoms with van der Waals surface area (Å²) in [7, 11) is 0. The van der Waals surface area contributed by atoms with E-state index >= 15 is 0 Å². The third-order valence-corrected chi connectivity index (χ3v) is 2.51. The second kappa shape index (κ2) is 4.25. The van der Waals surface area contributed by atoms with Crippen LogP contribution in [-0.2, 0) is 5.41 Å². The maximum absolute atomic E-state index is 11.0. The van der Waals surface area contributed by atoms with Gasteiger partial charge in [0, 0.05) is 16.5 Å². The van der Waals surface area contributed by atoms with Gasteiger partial charge in [0.15, 0.2) is 5.82 Å². The zero-order chi connectivity index (χ0) is 13.3. The maximum atomic E-state index is 11.0. The van der Waals surface area contributed by atoms with E-state index in [0.29, 0.717) is 17.3 Å². The summed E-state index contributed by atoms with van der Waals surface area (Å²) in [6, 6.07) is 6.75. The van der Waals surface area contributed by atoms with Crippen molar-refractivity contribution in [3.05, 3.63) is 35.7 Å². The van der Waals surface area contributed by atoms with E-state index in [9.17, 15) is 4.79 Å². The van der Waals surface area contributed by atoms with Crippen LogP contribution in [-0.4, -0.2) is 16.0 Å². The summed E-state index contributed by atoms with van der Waals surface area (Å²) in [5.74, 6) is 0.634. The summed E-state index contributed by atoms with van der Waals surface area (Å²) in [6.07, 6.45) is 0. The number of aromatic nitrogens is 2. The summed E-state index contributed by atoms with van der Waals surface area (Å²) in [4.78, 5) is 15.3. The number of hydrogen-bond acceptors (Lipinski definition) is 4. The van der Waals surface area contributed by atoms with Gasteiger partial charge in [-0.05, 0) is 24.3 Å². The predicted octanol–water partition coefficient (Wildman–Crippen LogP) is 2.13. The van der Waals surface area contributed by atoms with E-state index in [1.54, 1.807) is 24.3 Å². The molecule has 0 saturated heterocycles. The number of benzene rings is 1. The molecule has 0 atom stereocenters. The number of nitrogens with zero attached hydrogens (tertiary/aromatic N) is 2. The summed E-state index contributed by atoms with van der Waals surface area (Å²) < 4.78 is 5.20. The first-order valence-electron chi connectivity index (χ1n) is 5.62. The minimum atomic E-state index is -0.456. The lowest BCUT2D eigenvalue weighted by atomic mass is 9.96. The molecule has 0 fully saturated rings. The molecule has 0 aliphatic rings. The molecule has 94 valence electrons. The zero-order valence-corrected chi connectivity index (χ0v) is 10.6. The second-order valence-electron chi connectivity index (χ2n) is 5.11. The van der Waals surface area contributed by atoms with Crippen LogP contribution in [0.4, 0.5) is 0 Å². The summed E-state index contributed by atoms with van der Waals surface area (Å²) >= 11 is 0. The largest absolute Gasteiger partial charge is 0.366 e. The molecule has 2 N–H and O–H groups in total. The van der Waals surface area contributed by atoms with Gasteiger partial charge in [-0.1, -0.05) is 25.9 Å². The SMILES string of the molecule is CC(C)(C)c1noc(-c2ccc(C(N)=O)cc2)n1. The molecule has 1 amide bonds. The average molecular weight is 245 g/mol. The molecule has 5 nitrogen and oxygen atoms in total. The number of carbonyl (C=O) groups is 1. The Hall–Kier alpha value is -2.17. The van der Waals surface area contributed by atoms with Crippen molar-refractivity contribution < 1.29 is 9.32 Å². The highest BCUT2D eigenvalue weighted by atomic mass is 16.5. The molecule has 5 heteroatoms. The highest BCUT2D eigenvalue weighted by Gasteiger charge is 2.21. The molecule has 1 aromatic heterocycles. The fraction of sp³-hybridized carbons (Fsp3) is 0.308. The lowest BCUT2D eigenvalue weighted by Crippen LogP contribution is -2.13. The molecule has 0 bridgehead atoms. The molecule has 0 aliphatic heterocycles. The van der Waals surface area contributed by atoms with Gasteiger partial charge in [-0.15, -0.1) is 0 Å². The quantitative estimate of drug-likeness (QED) is 0.878. The van der Waals surface area contributed by atoms with Gasteiger partial charge >= 0.3 is 0 Å². The summed E-state index contributed by atoms with van der Waals surface area (Å²) in [5, 5.41) is 3.94. The van der Waals surface area contributed by atoms with Crippen molar-refractivity contribution in [2.75, 3.05) is 0 Å². The van der Waals surface area contributed by atoms with Gasteiger partial charge in [0.2, 0.25) is 5.91 Å². The van der Waals surface area contributed by atoms with Gasteiger partial charge in [0.05, 0.1) is 0 Å². The summed E-state index contributed by atoms with van der Waals surface area (Å²) in [5.41, 5.74) is 6.24. The number of rotatable bonds is 2. The Morgan fingerprint density at radius 3 is 2.28 bits per heavy atom. The van der Waals surface area contributed by atoms with Crippen LogP contribution < -0.4 is 5.73 Å². The van der Waals surface area contributed by atoms with E-state index < -0.39 is 5.91 Å². The first kappa shape index (κ1) is 12.3. The number of primary amides is 1. The van der Waals surface area contributed by atoms with Gasteiger partial charge < -0.3 is 10.3 Å². The van der Waals surface area contributed by atoms with Gasteiger partial charge in [0.1, 0.15) is 0 Å². The van der Waals surface area contributed by atoms with Crippen LogP contribution >= 0.6 is 0 Å². The highest BCUT2D eigenvalue weighted by molar-refractivity contribution is 5.93. The zero-order valence-electron chi connectivity index (χ0n) is 10.6. The third-order valence-electron chi connectivity index (χ3n) is 2.51. The monoisotopic (exact) mass is 245 g/mol. The predicted molar refractivity (Wildman–Crippen MR) is 67.0 cm³/mol. The Morgan fingerprint density at radius 2 is 1.83 bits per heavy atom. The van der Waals surface area contributed by atoms with Gasteiger partial charge in [-0.3, -0.25) is 4.79 Å². The smallest absolute Gasteiger partial charge is 0.257 e. The normalized spacial score (nSPS) is 11.5. The van der Waals surface area contributed by atoms with Crippen molar-refractivity contribution in [1.29, 1.82) is 0 Å². The Balaban J connectivity index is 2.32. The number of amides is 1. The van der Waals surface area contributed by atoms with E-state index in [2.05, 4.69) is 10.1 Å². The standard InChI is InChI=1S/C13H15N3O2/c1-13(2,3)12-15-11(18-16-12)9-6-4-8(5-7-9)10(14)17/h4-7H,1-3H3,(H2,14,17). The molecule has 0 aliphatic carbocycles. The number of carbonyl (C=O) groups excluding carboxylic acids is 1. The van der Waals surface area contributed by atoms with Crippen molar-refractivity contribution in [3.8, 4) is 11.5 Å². The highest BCUT2D eigenvalue weighted by Crippen LogP contribution is 2.23. The molecule has 1 heterocycles. The fourth-order valence-corrected chi connectivity index (χ4v) is 1.42. The van der Waals surface area contributed by atoms with Crippen molar-refractivity contribution >= 4 is 5.91 Å². The van der Waals surface area contributed by atoms with E-state index in [4.69, 9.17) is 10.3 Å². The molecular formula is C13H15N3O2. The Labute approximate surface area is 105 Å². The van der Waals surface area contributed by atoms with Crippen LogP contribution in [0, 0.1) is 0 Å². The van der Waals surface area contributed by atoms with Crippen molar-refractivity contribution in [2.45, 2.75) is 26.2 Å². The van der Waals surface area contributed by atoms with Crippen LogP contribution in [0.15, 0.2) is 28.8 Å². The lowest BCUT2D eigenvalue weighted by Gasteiger charge is -2.10. The van der Waals surface area contributed by atoms with E-state index in [1.807, 2.05) is 20.8 Å². The minimum absolute atomic E-state index is 0.158. The van der Waals surface area contributed by atoms with Crippen molar-refractivity contribution in [3.63, 3.8) is 0 Å². The van der Waals surface area contributed by atoms with E-state index in [0.717, 1.165) is 5.56 Å². The van der Waals surface area contributed by atoms with Crippen LogP contribution in [0.25, 0.3) is 11.5 Å². The van der Waals surface area contributed by atoms with Crippen molar-refractivity contribution in [1.82, 2.24) is 10.1 Å². The van der Waals surface area contributed by atoms with Crippen LogP contribution in [0.2, 0.25) is 0 Å². The molecule has 0 saturated carbocycles. The molecule has 0 radical (unpaired) electrons. The van der Waals surface area contributed by atoms with Crippen molar-refractivity contribution in [2.24, 2.45) is 5.73 Å². The third kappa shape index (κ3) is 2.40. The van der Waals surface area contributed by atoms with E-state index in [1.165, 1.54) is 0 Å². The molecule has 18 heavy (non-hydrogen) atoms. The molecule has 2 rings (SSSR count). The number of nitrogens with two attached hydrogens (primary N) is 1. The Bertz CT molecular complexity index is 565. The second-order valence-corrected chi connectivity index (χ2v) is 5.11.